The lowest BCUT2D eigenvalue weighted by Gasteiger charge is -2.14. The Hall–Kier alpha value is -0.915. The van der Waals surface area contributed by atoms with Crippen LogP contribution in [-0.4, -0.2) is 25.6 Å². The van der Waals surface area contributed by atoms with Crippen molar-refractivity contribution in [3.8, 4) is 10.9 Å². The standard InChI is InChI=1S/C5H6BF3NO2S/c1-11-4-3(6(7,8)9)5(12-2)13-10-4/h1-2H3/q-1. The second-order valence-electron chi connectivity index (χ2n) is 2.17. The van der Waals surface area contributed by atoms with Crippen LogP contribution in [0.5, 0.6) is 10.9 Å². The van der Waals surface area contributed by atoms with E-state index in [-0.39, 0.29) is 5.06 Å². The summed E-state index contributed by atoms with van der Waals surface area (Å²) in [6.07, 6.45) is 0. The fourth-order valence-corrected chi connectivity index (χ4v) is 1.57. The molecule has 0 saturated heterocycles. The molecule has 13 heavy (non-hydrogen) atoms. The maximum absolute atomic E-state index is 12.4. The van der Waals surface area contributed by atoms with Crippen molar-refractivity contribution in [2.75, 3.05) is 14.2 Å². The molecule has 74 valence electrons. The topological polar surface area (TPSA) is 31.4 Å². The normalized spacial score (nSPS) is 11.5. The van der Waals surface area contributed by atoms with E-state index < -0.39 is 18.3 Å². The molecule has 0 aliphatic heterocycles. The maximum atomic E-state index is 12.4. The van der Waals surface area contributed by atoms with Crippen molar-refractivity contribution >= 4 is 24.0 Å². The summed E-state index contributed by atoms with van der Waals surface area (Å²) in [7, 11) is 2.30. The second kappa shape index (κ2) is 3.45. The molecule has 0 radical (unpaired) electrons. The summed E-state index contributed by atoms with van der Waals surface area (Å²) in [5.41, 5.74) is -0.894. The van der Waals surface area contributed by atoms with Crippen molar-refractivity contribution in [3.05, 3.63) is 0 Å². The van der Waals surface area contributed by atoms with Gasteiger partial charge in [-0.3, -0.25) is 0 Å². The van der Waals surface area contributed by atoms with E-state index in [4.69, 9.17) is 0 Å². The second-order valence-corrected chi connectivity index (χ2v) is 2.91. The number of hydrogen-bond acceptors (Lipinski definition) is 4. The molecule has 1 aromatic rings. The van der Waals surface area contributed by atoms with E-state index in [9.17, 15) is 12.9 Å². The van der Waals surface area contributed by atoms with Crippen molar-refractivity contribution in [2.24, 2.45) is 0 Å². The van der Waals surface area contributed by atoms with Gasteiger partial charge in [-0.1, -0.05) is 0 Å². The zero-order valence-electron chi connectivity index (χ0n) is 6.88. The molecule has 8 heteroatoms. The Morgan fingerprint density at radius 2 is 1.85 bits per heavy atom. The third-order valence-corrected chi connectivity index (χ3v) is 2.18. The van der Waals surface area contributed by atoms with E-state index in [1.165, 1.54) is 0 Å². The minimum atomic E-state index is -5.13. The molecule has 1 aromatic heterocycles. The molecule has 0 bridgehead atoms. The monoisotopic (exact) mass is 212 g/mol. The third-order valence-electron chi connectivity index (χ3n) is 1.37. The molecule has 3 nitrogen and oxygen atoms in total. The van der Waals surface area contributed by atoms with Crippen molar-refractivity contribution in [1.82, 2.24) is 4.37 Å². The van der Waals surface area contributed by atoms with Crippen LogP contribution in [0.1, 0.15) is 0 Å². The van der Waals surface area contributed by atoms with Crippen LogP contribution in [0.25, 0.3) is 0 Å². The molecule has 1 heterocycles. The van der Waals surface area contributed by atoms with E-state index in [2.05, 4.69) is 13.8 Å². The van der Waals surface area contributed by atoms with E-state index >= 15 is 0 Å². The average Bonchev–Trinajstić information content (AvgIpc) is 2.45. The number of halogens is 3. The number of nitrogens with zero attached hydrogens (tertiary/aromatic N) is 1. The summed E-state index contributed by atoms with van der Waals surface area (Å²) in [6, 6.07) is 0. The summed E-state index contributed by atoms with van der Waals surface area (Å²) in [4.78, 5) is 0. The lowest BCUT2D eigenvalue weighted by molar-refractivity contribution is 0.394. The zero-order valence-corrected chi connectivity index (χ0v) is 7.70. The summed E-state index contributed by atoms with van der Waals surface area (Å²) >= 11 is 0.626. The summed E-state index contributed by atoms with van der Waals surface area (Å²) < 4.78 is 49.6. The fraction of sp³-hybridized carbons (Fsp3) is 0.400. The SMILES string of the molecule is COc1nsc(OC)c1[B-](F)(F)F. The van der Waals surface area contributed by atoms with Crippen molar-refractivity contribution in [2.45, 2.75) is 0 Å². The minimum absolute atomic E-state index is 0.260. The molecule has 1 rings (SSSR count). The lowest BCUT2D eigenvalue weighted by Crippen LogP contribution is -2.35. The van der Waals surface area contributed by atoms with Crippen LogP contribution in [0.3, 0.4) is 0 Å². The lowest BCUT2D eigenvalue weighted by atomic mass is 9.82. The molecule has 0 fully saturated rings. The third kappa shape index (κ3) is 1.88. The van der Waals surface area contributed by atoms with E-state index in [1.807, 2.05) is 0 Å². The zero-order chi connectivity index (χ0) is 10.1. The smallest absolute Gasteiger partial charge is 0.489 e. The molecule has 0 atom stereocenters. The van der Waals surface area contributed by atoms with Gasteiger partial charge in [0.2, 0.25) is 5.88 Å². The van der Waals surface area contributed by atoms with Crippen LogP contribution < -0.4 is 14.9 Å². The van der Waals surface area contributed by atoms with Gasteiger partial charge in [0.1, 0.15) is 0 Å². The predicted octanol–water partition coefficient (Wildman–Crippen LogP) is 1.21. The first-order valence-electron chi connectivity index (χ1n) is 3.28. The van der Waals surface area contributed by atoms with Gasteiger partial charge in [-0.15, -0.1) is 0 Å². The molecule has 0 N–H and O–H groups in total. The highest BCUT2D eigenvalue weighted by Gasteiger charge is 2.35. The van der Waals surface area contributed by atoms with E-state index in [0.717, 1.165) is 14.2 Å². The van der Waals surface area contributed by atoms with Crippen molar-refractivity contribution in [1.29, 1.82) is 0 Å². The Balaban J connectivity index is 3.20. The number of ether oxygens (including phenoxy) is 2. The van der Waals surface area contributed by atoms with E-state index in [0.29, 0.717) is 11.5 Å². The Kier molecular flexibility index (Phi) is 2.70. The highest BCUT2D eigenvalue weighted by molar-refractivity contribution is 7.10. The Bertz CT molecular complexity index is 279. The molecular weight excluding hydrogens is 206 g/mol. The molecule has 0 aromatic carbocycles. The van der Waals surface area contributed by atoms with Gasteiger partial charge >= 0.3 is 6.98 Å². The van der Waals surface area contributed by atoms with Crippen LogP contribution in [0.4, 0.5) is 12.9 Å². The molecule has 0 saturated carbocycles. The molecular formula is C5H6BF3NO2S-. The van der Waals surface area contributed by atoms with Gasteiger partial charge in [-0.2, -0.15) is 4.37 Å². The summed E-state index contributed by atoms with van der Waals surface area (Å²) in [5.74, 6) is -0.422. The first-order chi connectivity index (χ1) is 6.00. The molecule has 0 aliphatic rings. The molecule has 0 amide bonds. The van der Waals surface area contributed by atoms with Gasteiger partial charge in [0, 0.05) is 17.0 Å². The van der Waals surface area contributed by atoms with Crippen LogP contribution in [0, 0.1) is 0 Å². The minimum Gasteiger partial charge on any atom is -0.489 e. The Morgan fingerprint density at radius 1 is 1.23 bits per heavy atom. The van der Waals surface area contributed by atoms with Crippen LogP contribution in [0.15, 0.2) is 0 Å². The largest absolute Gasteiger partial charge is 0.519 e. The first-order valence-corrected chi connectivity index (χ1v) is 4.05. The van der Waals surface area contributed by atoms with Gasteiger partial charge in [0.05, 0.1) is 14.2 Å². The molecule has 0 unspecified atom stereocenters. The predicted molar refractivity (Wildman–Crippen MR) is 43.9 cm³/mol. The fourth-order valence-electron chi connectivity index (χ4n) is 0.837. The van der Waals surface area contributed by atoms with E-state index in [1.54, 1.807) is 0 Å². The summed E-state index contributed by atoms with van der Waals surface area (Å²) in [6.45, 7) is -5.13. The van der Waals surface area contributed by atoms with Crippen LogP contribution >= 0.6 is 11.5 Å². The quantitative estimate of drug-likeness (QED) is 0.705. The number of aromatic nitrogens is 1. The highest BCUT2D eigenvalue weighted by atomic mass is 32.1. The Morgan fingerprint density at radius 3 is 2.23 bits per heavy atom. The maximum Gasteiger partial charge on any atom is 0.519 e. The number of hydrogen-bond donors (Lipinski definition) is 0. The number of rotatable bonds is 3. The first kappa shape index (κ1) is 10.2. The van der Waals surface area contributed by atoms with Crippen LogP contribution in [0.2, 0.25) is 0 Å². The van der Waals surface area contributed by atoms with Gasteiger partial charge in [-0.05, 0) is 0 Å². The van der Waals surface area contributed by atoms with Crippen LogP contribution in [-0.2, 0) is 0 Å². The Labute approximate surface area is 76.7 Å². The van der Waals surface area contributed by atoms with Crippen molar-refractivity contribution < 1.29 is 22.4 Å². The van der Waals surface area contributed by atoms with Gasteiger partial charge < -0.3 is 22.4 Å². The number of methoxy groups -OCH3 is 2. The van der Waals surface area contributed by atoms with Gasteiger partial charge in [-0.25, -0.2) is 0 Å². The highest BCUT2D eigenvalue weighted by Crippen LogP contribution is 2.27. The summed E-state index contributed by atoms with van der Waals surface area (Å²) in [5, 5.41) is -0.260. The van der Waals surface area contributed by atoms with Gasteiger partial charge in [0.15, 0.2) is 5.06 Å². The molecule has 0 spiro atoms. The van der Waals surface area contributed by atoms with Crippen molar-refractivity contribution in [3.63, 3.8) is 0 Å². The molecule has 0 aliphatic carbocycles. The average molecular weight is 212 g/mol. The van der Waals surface area contributed by atoms with Gasteiger partial charge in [0.25, 0.3) is 0 Å².